The van der Waals surface area contributed by atoms with E-state index in [4.69, 9.17) is 4.74 Å². The third-order valence-electron chi connectivity index (χ3n) is 3.30. The summed E-state index contributed by atoms with van der Waals surface area (Å²) in [5.41, 5.74) is 1.03. The Morgan fingerprint density at radius 2 is 1.42 bits per heavy atom. The second-order valence-electron chi connectivity index (χ2n) is 5.32. The molecule has 0 aromatic heterocycles. The Balaban J connectivity index is 1.66. The summed E-state index contributed by atoms with van der Waals surface area (Å²) in [4.78, 5) is 46.7. The number of amides is 3. The first kappa shape index (κ1) is 18.9. The van der Waals surface area contributed by atoms with Crippen molar-refractivity contribution in [3.63, 3.8) is 0 Å². The molecule has 26 heavy (non-hydrogen) atoms. The lowest BCUT2D eigenvalue weighted by molar-refractivity contribution is -0.148. The van der Waals surface area contributed by atoms with Crippen LogP contribution < -0.4 is 10.6 Å². The zero-order valence-corrected chi connectivity index (χ0v) is 13.9. The van der Waals surface area contributed by atoms with Gasteiger partial charge in [0.05, 0.1) is 6.42 Å². The molecule has 2 aromatic carbocycles. The number of para-hydroxylation sites is 1. The van der Waals surface area contributed by atoms with Crippen LogP contribution >= 0.6 is 0 Å². The third kappa shape index (κ3) is 6.56. The van der Waals surface area contributed by atoms with Gasteiger partial charge in [0.25, 0.3) is 5.91 Å². The lowest BCUT2D eigenvalue weighted by atomic mass is 10.1. The van der Waals surface area contributed by atoms with E-state index >= 15 is 0 Å². The van der Waals surface area contributed by atoms with E-state index in [2.05, 4.69) is 5.32 Å². The van der Waals surface area contributed by atoms with Crippen LogP contribution in [0.1, 0.15) is 23.2 Å². The molecule has 2 N–H and O–H groups in total. The quantitative estimate of drug-likeness (QED) is 0.588. The Hall–Kier alpha value is -3.48. The number of carbonyl (C=O) groups is 4. The van der Waals surface area contributed by atoms with Crippen molar-refractivity contribution in [1.82, 2.24) is 5.32 Å². The van der Waals surface area contributed by atoms with Gasteiger partial charge in [-0.3, -0.25) is 19.7 Å². The number of hydrogen-bond acceptors (Lipinski definition) is 5. The molecule has 134 valence electrons. The number of benzene rings is 2. The van der Waals surface area contributed by atoms with Crippen molar-refractivity contribution < 1.29 is 23.9 Å². The van der Waals surface area contributed by atoms with E-state index in [0.29, 0.717) is 11.3 Å². The molecule has 7 heteroatoms. The number of ether oxygens (including phenoxy) is 1. The Labute approximate surface area is 150 Å². The molecular weight excluding hydrogens is 336 g/mol. The fraction of sp³-hybridized carbons (Fsp3) is 0.158. The van der Waals surface area contributed by atoms with Crippen LogP contribution in [0.15, 0.2) is 60.7 Å². The van der Waals surface area contributed by atoms with Crippen LogP contribution in [0, 0.1) is 0 Å². The first-order valence-electron chi connectivity index (χ1n) is 7.94. The van der Waals surface area contributed by atoms with Crippen molar-refractivity contribution >= 4 is 29.4 Å². The van der Waals surface area contributed by atoms with Gasteiger partial charge in [-0.25, -0.2) is 4.79 Å². The molecule has 0 spiro atoms. The second kappa shape index (κ2) is 9.73. The van der Waals surface area contributed by atoms with Gasteiger partial charge in [0.15, 0.2) is 12.4 Å². The normalized spacial score (nSPS) is 9.85. The molecule has 2 aromatic rings. The Bertz CT molecular complexity index is 775. The molecule has 0 aliphatic carbocycles. The van der Waals surface area contributed by atoms with Crippen molar-refractivity contribution in [3.8, 4) is 0 Å². The van der Waals surface area contributed by atoms with E-state index < -0.39 is 24.5 Å². The monoisotopic (exact) mass is 354 g/mol. The highest BCUT2D eigenvalue weighted by Crippen LogP contribution is 2.06. The number of imide groups is 1. The van der Waals surface area contributed by atoms with E-state index in [9.17, 15) is 19.2 Å². The molecule has 0 heterocycles. The standard InChI is InChI=1S/C19H18N2O5/c22-16(14-7-3-1-4-8-14)11-12-18(24)26-13-17(23)21-19(25)20-15-9-5-2-6-10-15/h1-10H,11-13H2,(H2,20,21,23,25). The van der Waals surface area contributed by atoms with Crippen molar-refractivity contribution in [2.75, 3.05) is 11.9 Å². The number of anilines is 1. The van der Waals surface area contributed by atoms with Gasteiger partial charge in [0, 0.05) is 17.7 Å². The highest BCUT2D eigenvalue weighted by molar-refractivity contribution is 6.02. The molecular formula is C19H18N2O5. The number of rotatable bonds is 7. The third-order valence-corrected chi connectivity index (χ3v) is 3.30. The molecule has 0 unspecified atom stereocenters. The van der Waals surface area contributed by atoms with Crippen molar-refractivity contribution in [3.05, 3.63) is 66.2 Å². The molecule has 0 radical (unpaired) electrons. The van der Waals surface area contributed by atoms with Crippen LogP contribution in [-0.4, -0.2) is 30.3 Å². The average molecular weight is 354 g/mol. The predicted octanol–water partition coefficient (Wildman–Crippen LogP) is 2.54. The first-order valence-corrected chi connectivity index (χ1v) is 7.94. The summed E-state index contributed by atoms with van der Waals surface area (Å²) in [6.07, 6.45) is -0.157. The van der Waals surface area contributed by atoms with Gasteiger partial charge in [-0.1, -0.05) is 48.5 Å². The lowest BCUT2D eigenvalue weighted by Crippen LogP contribution is -2.37. The first-order chi connectivity index (χ1) is 12.5. The summed E-state index contributed by atoms with van der Waals surface area (Å²) in [5.74, 6) is -1.64. The number of carbonyl (C=O) groups excluding carboxylic acids is 4. The smallest absolute Gasteiger partial charge is 0.325 e. The molecule has 3 amide bonds. The second-order valence-corrected chi connectivity index (χ2v) is 5.32. The summed E-state index contributed by atoms with van der Waals surface area (Å²) >= 11 is 0. The number of esters is 1. The van der Waals surface area contributed by atoms with E-state index in [-0.39, 0.29) is 18.6 Å². The highest BCUT2D eigenvalue weighted by atomic mass is 16.5. The van der Waals surface area contributed by atoms with Crippen LogP contribution in [-0.2, 0) is 14.3 Å². The maximum absolute atomic E-state index is 11.9. The number of nitrogens with one attached hydrogen (secondary N) is 2. The van der Waals surface area contributed by atoms with Gasteiger partial charge < -0.3 is 10.1 Å². The van der Waals surface area contributed by atoms with Gasteiger partial charge >= 0.3 is 12.0 Å². The summed E-state index contributed by atoms with van der Waals surface area (Å²) in [6, 6.07) is 16.4. The molecule has 0 aliphatic rings. The van der Waals surface area contributed by atoms with E-state index in [1.165, 1.54) is 0 Å². The number of ketones is 1. The molecule has 0 aliphatic heterocycles. The summed E-state index contributed by atoms with van der Waals surface area (Å²) in [5, 5.41) is 4.50. The van der Waals surface area contributed by atoms with Gasteiger partial charge in [0.2, 0.25) is 0 Å². The van der Waals surface area contributed by atoms with Crippen LogP contribution in [0.4, 0.5) is 10.5 Å². The van der Waals surface area contributed by atoms with Gasteiger partial charge in [0.1, 0.15) is 0 Å². The van der Waals surface area contributed by atoms with Gasteiger partial charge in [-0.2, -0.15) is 0 Å². The Kier molecular flexibility index (Phi) is 7.05. The minimum absolute atomic E-state index is 0.0149. The van der Waals surface area contributed by atoms with Crippen LogP contribution in [0.3, 0.4) is 0 Å². The van der Waals surface area contributed by atoms with Gasteiger partial charge in [-0.05, 0) is 12.1 Å². The van der Waals surface area contributed by atoms with Crippen molar-refractivity contribution in [2.45, 2.75) is 12.8 Å². The molecule has 0 fully saturated rings. The zero-order valence-electron chi connectivity index (χ0n) is 13.9. The molecule has 0 saturated carbocycles. The zero-order chi connectivity index (χ0) is 18.8. The Morgan fingerprint density at radius 1 is 0.808 bits per heavy atom. The number of hydrogen-bond donors (Lipinski definition) is 2. The maximum Gasteiger partial charge on any atom is 0.325 e. The summed E-state index contributed by atoms with van der Waals surface area (Å²) < 4.78 is 4.76. The van der Waals surface area contributed by atoms with Crippen LogP contribution in [0.2, 0.25) is 0 Å². The molecule has 0 bridgehead atoms. The van der Waals surface area contributed by atoms with E-state index in [1.807, 2.05) is 5.32 Å². The van der Waals surface area contributed by atoms with Crippen LogP contribution in [0.25, 0.3) is 0 Å². The van der Waals surface area contributed by atoms with E-state index in [1.54, 1.807) is 60.7 Å². The van der Waals surface area contributed by atoms with Crippen molar-refractivity contribution in [1.29, 1.82) is 0 Å². The number of Topliss-reactive ketones (excluding diaryl/α,β-unsaturated/α-hetero) is 1. The highest BCUT2D eigenvalue weighted by Gasteiger charge is 2.13. The topological polar surface area (TPSA) is 102 Å². The molecule has 0 saturated heterocycles. The molecule has 7 nitrogen and oxygen atoms in total. The predicted molar refractivity (Wildman–Crippen MR) is 94.6 cm³/mol. The minimum atomic E-state index is -0.763. The SMILES string of the molecule is O=C(COC(=O)CCC(=O)c1ccccc1)NC(=O)Nc1ccccc1. The summed E-state index contributed by atoms with van der Waals surface area (Å²) in [6.45, 7) is -0.597. The molecule has 2 rings (SSSR count). The van der Waals surface area contributed by atoms with Gasteiger partial charge in [-0.15, -0.1) is 0 Å². The molecule has 0 atom stereocenters. The largest absolute Gasteiger partial charge is 0.456 e. The average Bonchev–Trinajstić information content (AvgIpc) is 2.65. The van der Waals surface area contributed by atoms with E-state index in [0.717, 1.165) is 0 Å². The fourth-order valence-electron chi connectivity index (χ4n) is 2.05. The van der Waals surface area contributed by atoms with Crippen LogP contribution in [0.5, 0.6) is 0 Å². The Morgan fingerprint density at radius 3 is 2.08 bits per heavy atom. The lowest BCUT2D eigenvalue weighted by Gasteiger charge is -2.07. The van der Waals surface area contributed by atoms with Crippen molar-refractivity contribution in [2.24, 2.45) is 0 Å². The fourth-order valence-corrected chi connectivity index (χ4v) is 2.05. The maximum atomic E-state index is 11.9. The number of urea groups is 1. The summed E-state index contributed by atoms with van der Waals surface area (Å²) in [7, 11) is 0. The minimum Gasteiger partial charge on any atom is -0.456 e.